The van der Waals surface area contributed by atoms with E-state index in [0.717, 1.165) is 49.5 Å². The normalized spacial score (nSPS) is 10.8. The van der Waals surface area contributed by atoms with Gasteiger partial charge in [0, 0.05) is 18.7 Å². The molecule has 1 aromatic heterocycles. The molecule has 2 rings (SSSR count). The molecular formula is C16H24N4O. The fraction of sp³-hybridized carbons (Fsp3) is 0.500. The smallest absolute Gasteiger partial charge is 0.119 e. The number of ether oxygens (including phenoxy) is 1. The van der Waals surface area contributed by atoms with Crippen LogP contribution < -0.4 is 10.1 Å². The van der Waals surface area contributed by atoms with Crippen molar-refractivity contribution in [2.75, 3.05) is 13.7 Å². The molecule has 0 aliphatic rings. The first-order valence-corrected chi connectivity index (χ1v) is 7.56. The van der Waals surface area contributed by atoms with E-state index in [1.54, 1.807) is 7.11 Å². The average molecular weight is 288 g/mol. The molecule has 5 nitrogen and oxygen atoms in total. The Balaban J connectivity index is 2.34. The lowest BCUT2D eigenvalue weighted by atomic mass is 10.0. The van der Waals surface area contributed by atoms with Crippen molar-refractivity contribution in [3.05, 3.63) is 30.0 Å². The molecule has 0 saturated carbocycles. The molecule has 1 heterocycles. The first kappa shape index (κ1) is 15.5. The lowest BCUT2D eigenvalue weighted by molar-refractivity contribution is 0.414. The van der Waals surface area contributed by atoms with Crippen molar-refractivity contribution < 1.29 is 4.74 Å². The minimum absolute atomic E-state index is 0.817. The fourth-order valence-electron chi connectivity index (χ4n) is 2.34. The molecular weight excluding hydrogens is 264 g/mol. The van der Waals surface area contributed by atoms with Gasteiger partial charge < -0.3 is 10.1 Å². The molecule has 114 valence electrons. The Hall–Kier alpha value is -1.88. The zero-order chi connectivity index (χ0) is 15.1. The van der Waals surface area contributed by atoms with Crippen LogP contribution in [0.4, 0.5) is 0 Å². The van der Waals surface area contributed by atoms with Gasteiger partial charge >= 0.3 is 0 Å². The lowest BCUT2D eigenvalue weighted by Gasteiger charge is -2.13. The number of nitrogens with zero attached hydrogens (tertiary/aromatic N) is 3. The summed E-state index contributed by atoms with van der Waals surface area (Å²) < 4.78 is 7.31. The van der Waals surface area contributed by atoms with E-state index in [-0.39, 0.29) is 0 Å². The van der Waals surface area contributed by atoms with E-state index in [1.165, 1.54) is 5.56 Å². The third-order valence-electron chi connectivity index (χ3n) is 3.38. The third-order valence-corrected chi connectivity index (χ3v) is 3.38. The molecule has 0 saturated heterocycles. The summed E-state index contributed by atoms with van der Waals surface area (Å²) in [6.07, 6.45) is 3.99. The highest BCUT2D eigenvalue weighted by Crippen LogP contribution is 2.27. The van der Waals surface area contributed by atoms with Gasteiger partial charge in [-0.25, -0.2) is 4.68 Å². The Morgan fingerprint density at radius 1 is 1.24 bits per heavy atom. The second-order valence-corrected chi connectivity index (χ2v) is 5.04. The van der Waals surface area contributed by atoms with Crippen LogP contribution in [-0.4, -0.2) is 28.6 Å². The van der Waals surface area contributed by atoms with Crippen molar-refractivity contribution in [1.82, 2.24) is 20.3 Å². The van der Waals surface area contributed by atoms with Gasteiger partial charge in [-0.05, 0) is 43.1 Å². The highest BCUT2D eigenvalue weighted by molar-refractivity contribution is 5.64. The molecule has 0 bridgehead atoms. The van der Waals surface area contributed by atoms with Crippen LogP contribution in [0, 0.1) is 0 Å². The summed E-state index contributed by atoms with van der Waals surface area (Å²) in [5.41, 5.74) is 3.44. The molecule has 0 unspecified atom stereocenters. The Kier molecular flexibility index (Phi) is 5.75. The topological polar surface area (TPSA) is 52.0 Å². The van der Waals surface area contributed by atoms with Crippen molar-refractivity contribution in [3.63, 3.8) is 0 Å². The Morgan fingerprint density at radius 3 is 2.81 bits per heavy atom. The molecule has 0 amide bonds. The maximum Gasteiger partial charge on any atom is 0.119 e. The first-order chi connectivity index (χ1) is 10.3. The number of aryl methyl sites for hydroxylation is 1. The predicted molar refractivity (Wildman–Crippen MR) is 84.3 cm³/mol. The maximum atomic E-state index is 5.35. The van der Waals surface area contributed by atoms with Gasteiger partial charge in [0.1, 0.15) is 5.75 Å². The van der Waals surface area contributed by atoms with Crippen LogP contribution >= 0.6 is 0 Å². The molecule has 1 aromatic carbocycles. The van der Waals surface area contributed by atoms with Gasteiger partial charge in [0.05, 0.1) is 19.0 Å². The van der Waals surface area contributed by atoms with E-state index < -0.39 is 0 Å². The zero-order valence-corrected chi connectivity index (χ0v) is 13.1. The van der Waals surface area contributed by atoms with Gasteiger partial charge in [0.15, 0.2) is 0 Å². The van der Waals surface area contributed by atoms with Crippen LogP contribution in [-0.2, 0) is 13.1 Å². The summed E-state index contributed by atoms with van der Waals surface area (Å²) in [7, 11) is 1.70. The molecule has 0 aliphatic heterocycles. The molecule has 1 N–H and O–H groups in total. The van der Waals surface area contributed by atoms with Crippen LogP contribution in [0.3, 0.4) is 0 Å². The van der Waals surface area contributed by atoms with Crippen molar-refractivity contribution >= 4 is 0 Å². The summed E-state index contributed by atoms with van der Waals surface area (Å²) in [5, 5.41) is 11.7. The maximum absolute atomic E-state index is 5.35. The van der Waals surface area contributed by atoms with Gasteiger partial charge in [-0.15, -0.1) is 5.10 Å². The Bertz CT molecular complexity index is 565. The van der Waals surface area contributed by atoms with E-state index in [1.807, 2.05) is 16.9 Å². The standard InChI is InChI=1S/C16H24N4O/c1-4-8-17-11-13-10-14(21-3)6-7-15(13)16-12-18-19-20(16)9-5-2/h6-7,10,12,17H,4-5,8-9,11H2,1-3H3. The van der Waals surface area contributed by atoms with Crippen LogP contribution in [0.2, 0.25) is 0 Å². The van der Waals surface area contributed by atoms with Crippen molar-refractivity contribution in [3.8, 4) is 17.0 Å². The molecule has 2 aromatic rings. The molecule has 21 heavy (non-hydrogen) atoms. The minimum Gasteiger partial charge on any atom is -0.497 e. The second-order valence-electron chi connectivity index (χ2n) is 5.04. The van der Waals surface area contributed by atoms with Gasteiger partial charge in [0.2, 0.25) is 0 Å². The number of hydrogen-bond acceptors (Lipinski definition) is 4. The van der Waals surface area contributed by atoms with E-state index in [9.17, 15) is 0 Å². The number of methoxy groups -OCH3 is 1. The van der Waals surface area contributed by atoms with Gasteiger partial charge in [0.25, 0.3) is 0 Å². The minimum atomic E-state index is 0.817. The molecule has 0 spiro atoms. The lowest BCUT2D eigenvalue weighted by Crippen LogP contribution is -2.15. The van der Waals surface area contributed by atoms with Crippen LogP contribution in [0.1, 0.15) is 32.3 Å². The van der Waals surface area contributed by atoms with Crippen LogP contribution in [0.15, 0.2) is 24.4 Å². The Morgan fingerprint density at radius 2 is 2.10 bits per heavy atom. The molecule has 5 heteroatoms. The van der Waals surface area contributed by atoms with Gasteiger partial charge in [-0.1, -0.05) is 19.1 Å². The molecule has 0 radical (unpaired) electrons. The summed E-state index contributed by atoms with van der Waals surface area (Å²) in [5.74, 6) is 0.876. The summed E-state index contributed by atoms with van der Waals surface area (Å²) >= 11 is 0. The highest BCUT2D eigenvalue weighted by Gasteiger charge is 2.12. The monoisotopic (exact) mass is 288 g/mol. The Labute approximate surface area is 126 Å². The average Bonchev–Trinajstić information content (AvgIpc) is 2.96. The first-order valence-electron chi connectivity index (χ1n) is 7.56. The van der Waals surface area contributed by atoms with E-state index >= 15 is 0 Å². The van der Waals surface area contributed by atoms with Crippen molar-refractivity contribution in [2.24, 2.45) is 0 Å². The van der Waals surface area contributed by atoms with Crippen LogP contribution in [0.25, 0.3) is 11.3 Å². The van der Waals surface area contributed by atoms with Gasteiger partial charge in [-0.3, -0.25) is 0 Å². The summed E-state index contributed by atoms with van der Waals surface area (Å²) in [6.45, 7) is 7.01. The predicted octanol–water partition coefficient (Wildman–Crippen LogP) is 2.86. The van der Waals surface area contributed by atoms with E-state index in [2.05, 4.69) is 41.6 Å². The SMILES string of the molecule is CCCNCc1cc(OC)ccc1-c1cnnn1CCC. The largest absolute Gasteiger partial charge is 0.497 e. The second kappa shape index (κ2) is 7.78. The van der Waals surface area contributed by atoms with Crippen LogP contribution in [0.5, 0.6) is 5.75 Å². The molecule has 0 fully saturated rings. The highest BCUT2D eigenvalue weighted by atomic mass is 16.5. The van der Waals surface area contributed by atoms with E-state index in [4.69, 9.17) is 4.74 Å². The fourth-order valence-corrected chi connectivity index (χ4v) is 2.34. The number of rotatable bonds is 8. The summed E-state index contributed by atoms with van der Waals surface area (Å²) in [6, 6.07) is 6.16. The van der Waals surface area contributed by atoms with Crippen molar-refractivity contribution in [1.29, 1.82) is 0 Å². The zero-order valence-electron chi connectivity index (χ0n) is 13.1. The molecule has 0 atom stereocenters. The number of hydrogen-bond donors (Lipinski definition) is 1. The number of aromatic nitrogens is 3. The quantitative estimate of drug-likeness (QED) is 0.759. The number of benzene rings is 1. The number of nitrogens with one attached hydrogen (secondary N) is 1. The van der Waals surface area contributed by atoms with E-state index in [0.29, 0.717) is 0 Å². The van der Waals surface area contributed by atoms with Crippen molar-refractivity contribution in [2.45, 2.75) is 39.8 Å². The molecule has 0 aliphatic carbocycles. The summed E-state index contributed by atoms with van der Waals surface area (Å²) in [4.78, 5) is 0. The van der Waals surface area contributed by atoms with Gasteiger partial charge in [-0.2, -0.15) is 0 Å². The third kappa shape index (κ3) is 3.82.